The van der Waals surface area contributed by atoms with Gasteiger partial charge in [-0.25, -0.2) is 0 Å². The van der Waals surface area contributed by atoms with E-state index in [1.165, 1.54) is 11.8 Å². The summed E-state index contributed by atoms with van der Waals surface area (Å²) in [5, 5.41) is 15.1. The van der Waals surface area contributed by atoms with Crippen LogP contribution in [0.25, 0.3) is 0 Å². The molecule has 2 aromatic heterocycles. The predicted octanol–water partition coefficient (Wildman–Crippen LogP) is 2.11. The highest BCUT2D eigenvalue weighted by molar-refractivity contribution is 7.98. The third-order valence-electron chi connectivity index (χ3n) is 6.98. The van der Waals surface area contributed by atoms with Crippen molar-refractivity contribution >= 4 is 17.7 Å². The van der Waals surface area contributed by atoms with Crippen LogP contribution in [-0.2, 0) is 18.3 Å². The number of aryl methyl sites for hydroxylation is 1. The molecular weight excluding hydrogens is 440 g/mol. The van der Waals surface area contributed by atoms with Crippen LogP contribution in [0, 0.1) is 12.8 Å². The van der Waals surface area contributed by atoms with Gasteiger partial charge >= 0.3 is 0 Å². The largest absolute Gasteiger partial charge is 0.378 e. The molecule has 9 nitrogen and oxygen atoms in total. The van der Waals surface area contributed by atoms with Gasteiger partial charge in [0, 0.05) is 41.7 Å². The Morgan fingerprint density at radius 2 is 2.00 bits per heavy atom. The first-order valence-corrected chi connectivity index (χ1v) is 12.9. The molecule has 180 valence electrons. The molecule has 33 heavy (non-hydrogen) atoms. The summed E-state index contributed by atoms with van der Waals surface area (Å²) < 4.78 is 7.06. The maximum Gasteiger partial charge on any atom is 0.289 e. The molecule has 1 saturated carbocycles. The maximum atomic E-state index is 12.8. The lowest BCUT2D eigenvalue weighted by atomic mass is 9.78. The van der Waals surface area contributed by atoms with E-state index in [-0.39, 0.29) is 29.8 Å². The molecule has 1 atom stereocenters. The van der Waals surface area contributed by atoms with Crippen LogP contribution in [0.1, 0.15) is 66.2 Å². The van der Waals surface area contributed by atoms with E-state index in [9.17, 15) is 9.59 Å². The summed E-state index contributed by atoms with van der Waals surface area (Å²) in [6, 6.07) is 3.01. The minimum atomic E-state index is -0.328. The number of nitrogens with one attached hydrogen (secondary N) is 3. The van der Waals surface area contributed by atoms with Gasteiger partial charge in [-0.2, -0.15) is 0 Å². The van der Waals surface area contributed by atoms with Gasteiger partial charge < -0.3 is 24.9 Å². The van der Waals surface area contributed by atoms with Crippen LogP contribution in [0.5, 0.6) is 0 Å². The molecule has 0 spiro atoms. The second-order valence-electron chi connectivity index (χ2n) is 9.25. The molecule has 0 unspecified atom stereocenters. The second kappa shape index (κ2) is 10.4. The molecule has 2 aliphatic rings. The van der Waals surface area contributed by atoms with Crippen LogP contribution in [0.15, 0.2) is 15.8 Å². The number of hydrogen-bond acceptors (Lipinski definition) is 7. The molecule has 0 bridgehead atoms. The molecule has 1 amide bonds. The van der Waals surface area contributed by atoms with E-state index in [1.807, 2.05) is 26.3 Å². The van der Waals surface area contributed by atoms with Gasteiger partial charge in [0.15, 0.2) is 0 Å². The lowest BCUT2D eigenvalue weighted by Crippen LogP contribution is -2.51. The zero-order valence-corrected chi connectivity index (χ0v) is 20.6. The van der Waals surface area contributed by atoms with Gasteiger partial charge in [-0.05, 0) is 50.8 Å². The van der Waals surface area contributed by atoms with Crippen LogP contribution < -0.4 is 16.2 Å². The molecular formula is C23H34N6O3S. The number of rotatable bonds is 8. The summed E-state index contributed by atoms with van der Waals surface area (Å²) in [5.74, 6) is 1.52. The van der Waals surface area contributed by atoms with E-state index in [1.54, 1.807) is 4.57 Å². The lowest BCUT2D eigenvalue weighted by molar-refractivity contribution is -0.0129. The summed E-state index contributed by atoms with van der Waals surface area (Å²) in [7, 11) is 1.84. The number of nitrogens with zero attached hydrogens (tertiary/aromatic N) is 3. The molecule has 2 fully saturated rings. The Morgan fingerprint density at radius 1 is 1.27 bits per heavy atom. The van der Waals surface area contributed by atoms with E-state index >= 15 is 0 Å². The normalized spacial score (nSPS) is 22.1. The van der Waals surface area contributed by atoms with Crippen molar-refractivity contribution in [3.8, 4) is 0 Å². The maximum absolute atomic E-state index is 12.8. The van der Waals surface area contributed by atoms with Crippen LogP contribution in [0.4, 0.5) is 0 Å². The number of carbonyl (C=O) groups is 1. The van der Waals surface area contributed by atoms with Crippen molar-refractivity contribution in [2.45, 2.75) is 69.0 Å². The smallest absolute Gasteiger partial charge is 0.289 e. The van der Waals surface area contributed by atoms with Crippen LogP contribution in [-0.4, -0.2) is 57.2 Å². The molecule has 4 rings (SSSR count). The molecule has 1 aliphatic heterocycles. The zero-order valence-electron chi connectivity index (χ0n) is 19.8. The standard InChI is InChI=1S/C23H34N6O3S/c1-13-9-19(33-4)18(22(30)25-13)10-24-23(31)21-28-27-20(29(21)3)14(2)15-5-7-16(8-6-15)26-17-11-32-12-17/h9,14-17,26H,5-8,10-12H2,1-4H3,(H,24,31)(H,25,30)/t14-,15?,16?/m1/s1. The quantitative estimate of drug-likeness (QED) is 0.502. The highest BCUT2D eigenvalue weighted by Crippen LogP contribution is 2.35. The van der Waals surface area contributed by atoms with E-state index < -0.39 is 0 Å². The molecule has 10 heteroatoms. The van der Waals surface area contributed by atoms with Gasteiger partial charge in [-0.3, -0.25) is 9.59 Å². The van der Waals surface area contributed by atoms with Gasteiger partial charge in [0.25, 0.3) is 11.5 Å². The fourth-order valence-electron chi connectivity index (χ4n) is 4.88. The molecule has 3 heterocycles. The number of hydrogen-bond donors (Lipinski definition) is 3. The third-order valence-corrected chi connectivity index (χ3v) is 7.79. The minimum Gasteiger partial charge on any atom is -0.378 e. The first-order chi connectivity index (χ1) is 15.9. The summed E-state index contributed by atoms with van der Waals surface area (Å²) in [5.41, 5.74) is 1.17. The third kappa shape index (κ3) is 5.33. The first-order valence-electron chi connectivity index (χ1n) is 11.7. The zero-order chi connectivity index (χ0) is 23.5. The fraction of sp³-hybridized carbons (Fsp3) is 0.652. The topological polar surface area (TPSA) is 114 Å². The number of H-pyrrole nitrogens is 1. The first kappa shape index (κ1) is 24.0. The Balaban J connectivity index is 1.36. The second-order valence-corrected chi connectivity index (χ2v) is 10.1. The Labute approximate surface area is 198 Å². The fourth-order valence-corrected chi connectivity index (χ4v) is 5.59. The van der Waals surface area contributed by atoms with Crippen molar-refractivity contribution in [3.05, 3.63) is 39.3 Å². The summed E-state index contributed by atoms with van der Waals surface area (Å²) in [6.07, 6.45) is 6.49. The van der Waals surface area contributed by atoms with Crippen molar-refractivity contribution in [3.63, 3.8) is 0 Å². The Morgan fingerprint density at radius 3 is 2.64 bits per heavy atom. The Hall–Kier alpha value is -2.17. The number of pyridine rings is 1. The predicted molar refractivity (Wildman–Crippen MR) is 128 cm³/mol. The Kier molecular flexibility index (Phi) is 7.55. The van der Waals surface area contributed by atoms with Gasteiger partial charge in [-0.15, -0.1) is 22.0 Å². The van der Waals surface area contributed by atoms with E-state index in [0.717, 1.165) is 55.3 Å². The lowest BCUT2D eigenvalue weighted by Gasteiger charge is -2.36. The SMILES string of the molecule is CSc1cc(C)[nH]c(=O)c1CNC(=O)c1nnc([C@H](C)C2CCC(NC3COC3)CC2)n1C. The van der Waals surface area contributed by atoms with Crippen molar-refractivity contribution in [2.75, 3.05) is 19.5 Å². The molecule has 1 saturated heterocycles. The molecule has 0 aromatic carbocycles. The number of amides is 1. The number of ether oxygens (including phenoxy) is 1. The van der Waals surface area contributed by atoms with Crippen LogP contribution in [0.3, 0.4) is 0 Å². The van der Waals surface area contributed by atoms with Gasteiger partial charge in [0.05, 0.1) is 19.3 Å². The van der Waals surface area contributed by atoms with Crippen molar-refractivity contribution < 1.29 is 9.53 Å². The van der Waals surface area contributed by atoms with Crippen molar-refractivity contribution in [2.24, 2.45) is 13.0 Å². The highest BCUT2D eigenvalue weighted by atomic mass is 32.2. The summed E-state index contributed by atoms with van der Waals surface area (Å²) in [4.78, 5) is 28.8. The average molecular weight is 475 g/mol. The van der Waals surface area contributed by atoms with Crippen LogP contribution >= 0.6 is 11.8 Å². The summed E-state index contributed by atoms with van der Waals surface area (Å²) in [6.45, 7) is 5.83. The molecule has 2 aromatic rings. The van der Waals surface area contributed by atoms with E-state index in [0.29, 0.717) is 23.6 Å². The molecule has 1 aliphatic carbocycles. The summed E-state index contributed by atoms with van der Waals surface area (Å²) >= 11 is 1.49. The van der Waals surface area contributed by atoms with E-state index in [2.05, 4.69) is 32.7 Å². The van der Waals surface area contributed by atoms with Crippen molar-refractivity contribution in [1.29, 1.82) is 0 Å². The Bertz CT molecular complexity index is 1040. The van der Waals surface area contributed by atoms with Crippen LogP contribution in [0.2, 0.25) is 0 Å². The number of carbonyl (C=O) groups excluding carboxylic acids is 1. The number of aromatic nitrogens is 4. The number of aromatic amines is 1. The van der Waals surface area contributed by atoms with Gasteiger partial charge in [-0.1, -0.05) is 6.92 Å². The van der Waals surface area contributed by atoms with E-state index in [4.69, 9.17) is 4.74 Å². The highest BCUT2D eigenvalue weighted by Gasteiger charge is 2.31. The van der Waals surface area contributed by atoms with Gasteiger partial charge in [0.2, 0.25) is 5.82 Å². The number of thioether (sulfide) groups is 1. The van der Waals surface area contributed by atoms with Crippen molar-refractivity contribution in [1.82, 2.24) is 30.4 Å². The van der Waals surface area contributed by atoms with Gasteiger partial charge in [0.1, 0.15) is 5.82 Å². The minimum absolute atomic E-state index is 0.144. The molecule has 0 radical (unpaired) electrons. The monoisotopic (exact) mass is 474 g/mol. The molecule has 3 N–H and O–H groups in total. The average Bonchev–Trinajstić information content (AvgIpc) is 3.16.